The lowest BCUT2D eigenvalue weighted by molar-refractivity contribution is 0.716. The predicted molar refractivity (Wildman–Crippen MR) is 84.4 cm³/mol. The van der Waals surface area contributed by atoms with Crippen molar-refractivity contribution in [1.29, 1.82) is 0 Å². The maximum atomic E-state index is 4.47. The van der Waals surface area contributed by atoms with Gasteiger partial charge < -0.3 is 0 Å². The number of aromatic nitrogens is 4. The largest absolute Gasteiger partial charge is 0.205 e. The molecule has 0 saturated heterocycles. The highest BCUT2D eigenvalue weighted by molar-refractivity contribution is 8.93. The average molecular weight is 331 g/mol. The van der Waals surface area contributed by atoms with Crippen LogP contribution in [0, 0.1) is 13.8 Å². The standard InChI is InChI=1S/C15H14N4.BrH/c1-11-7-3-5-9-13(11)15-16-18-19(17-15)14-10-6-4-8-12(14)2;/h3-10H,1-2H3;1H. The van der Waals surface area contributed by atoms with Gasteiger partial charge in [0.15, 0.2) is 0 Å². The zero-order valence-corrected chi connectivity index (χ0v) is 13.0. The van der Waals surface area contributed by atoms with Gasteiger partial charge in [0, 0.05) is 5.56 Å². The van der Waals surface area contributed by atoms with E-state index in [9.17, 15) is 0 Å². The quantitative estimate of drug-likeness (QED) is 0.722. The summed E-state index contributed by atoms with van der Waals surface area (Å²) in [5, 5.41) is 12.8. The molecule has 0 aliphatic heterocycles. The summed E-state index contributed by atoms with van der Waals surface area (Å²) in [5.41, 5.74) is 4.24. The van der Waals surface area contributed by atoms with Crippen LogP contribution < -0.4 is 0 Å². The van der Waals surface area contributed by atoms with E-state index in [1.54, 1.807) is 4.80 Å². The third-order valence-corrected chi connectivity index (χ3v) is 3.13. The molecule has 0 aliphatic carbocycles. The van der Waals surface area contributed by atoms with Crippen molar-refractivity contribution < 1.29 is 0 Å². The van der Waals surface area contributed by atoms with Crippen molar-refractivity contribution >= 4 is 17.0 Å². The Morgan fingerprint density at radius 3 is 2.20 bits per heavy atom. The van der Waals surface area contributed by atoms with E-state index in [2.05, 4.69) is 15.4 Å². The minimum atomic E-state index is 0. The SMILES string of the molecule is Br.Cc1ccccc1-c1nnn(-c2ccccc2C)n1. The van der Waals surface area contributed by atoms with Crippen LogP contribution in [0.25, 0.3) is 17.1 Å². The van der Waals surface area contributed by atoms with Crippen molar-refractivity contribution in [2.75, 3.05) is 0 Å². The molecule has 0 unspecified atom stereocenters. The second-order valence-corrected chi connectivity index (χ2v) is 4.50. The van der Waals surface area contributed by atoms with Crippen LogP contribution >= 0.6 is 17.0 Å². The molecule has 3 aromatic rings. The zero-order chi connectivity index (χ0) is 13.2. The summed E-state index contributed by atoms with van der Waals surface area (Å²) in [6, 6.07) is 16.0. The number of nitrogens with zero attached hydrogens (tertiary/aromatic N) is 4. The van der Waals surface area contributed by atoms with Crippen LogP contribution in [0.3, 0.4) is 0 Å². The summed E-state index contributed by atoms with van der Waals surface area (Å²) >= 11 is 0. The molecule has 0 spiro atoms. The van der Waals surface area contributed by atoms with Crippen molar-refractivity contribution in [1.82, 2.24) is 20.2 Å². The molecule has 0 saturated carbocycles. The summed E-state index contributed by atoms with van der Waals surface area (Å²) in [6.45, 7) is 4.08. The number of hydrogen-bond acceptors (Lipinski definition) is 3. The molecule has 4 nitrogen and oxygen atoms in total. The summed E-state index contributed by atoms with van der Waals surface area (Å²) in [5.74, 6) is 0.654. The van der Waals surface area contributed by atoms with Crippen molar-refractivity contribution in [3.8, 4) is 17.1 Å². The monoisotopic (exact) mass is 330 g/mol. The van der Waals surface area contributed by atoms with Gasteiger partial charge in [0.05, 0.1) is 5.69 Å². The van der Waals surface area contributed by atoms with Gasteiger partial charge in [-0.2, -0.15) is 0 Å². The number of halogens is 1. The third-order valence-electron chi connectivity index (χ3n) is 3.13. The van der Waals surface area contributed by atoms with Gasteiger partial charge in [0.2, 0.25) is 5.82 Å². The second kappa shape index (κ2) is 5.96. The van der Waals surface area contributed by atoms with Gasteiger partial charge in [-0.3, -0.25) is 0 Å². The molecule has 1 aromatic heterocycles. The molecular formula is C15H15BrN4. The number of hydrogen-bond donors (Lipinski definition) is 0. The van der Waals surface area contributed by atoms with E-state index in [1.807, 2.05) is 62.4 Å². The molecule has 0 fully saturated rings. The molecule has 0 N–H and O–H groups in total. The maximum absolute atomic E-state index is 4.47. The first kappa shape index (κ1) is 14.4. The van der Waals surface area contributed by atoms with E-state index in [1.165, 1.54) is 0 Å². The normalized spacial score (nSPS) is 10.1. The molecule has 5 heteroatoms. The highest BCUT2D eigenvalue weighted by atomic mass is 79.9. The average Bonchev–Trinajstić information content (AvgIpc) is 2.89. The number of aryl methyl sites for hydroxylation is 2. The molecule has 102 valence electrons. The van der Waals surface area contributed by atoms with Crippen molar-refractivity contribution in [2.24, 2.45) is 0 Å². The zero-order valence-electron chi connectivity index (χ0n) is 11.3. The molecule has 2 aromatic carbocycles. The summed E-state index contributed by atoms with van der Waals surface area (Å²) in [4.78, 5) is 1.58. The van der Waals surface area contributed by atoms with E-state index in [0.717, 1.165) is 22.4 Å². The first-order valence-corrected chi connectivity index (χ1v) is 6.18. The van der Waals surface area contributed by atoms with E-state index < -0.39 is 0 Å². The van der Waals surface area contributed by atoms with Gasteiger partial charge in [-0.15, -0.1) is 32.0 Å². The Kier molecular flexibility index (Phi) is 4.29. The van der Waals surface area contributed by atoms with Gasteiger partial charge in [-0.25, -0.2) is 0 Å². The van der Waals surface area contributed by atoms with Gasteiger partial charge in [-0.1, -0.05) is 42.5 Å². The fourth-order valence-corrected chi connectivity index (χ4v) is 2.04. The van der Waals surface area contributed by atoms with Crippen LogP contribution in [0.4, 0.5) is 0 Å². The topological polar surface area (TPSA) is 43.6 Å². The molecule has 0 atom stereocenters. The van der Waals surface area contributed by atoms with E-state index >= 15 is 0 Å². The molecule has 0 radical (unpaired) electrons. The highest BCUT2D eigenvalue weighted by Crippen LogP contribution is 2.19. The van der Waals surface area contributed by atoms with Crippen molar-refractivity contribution in [3.63, 3.8) is 0 Å². The Labute approximate surface area is 128 Å². The lowest BCUT2D eigenvalue weighted by atomic mass is 10.1. The van der Waals surface area contributed by atoms with Gasteiger partial charge >= 0.3 is 0 Å². The Hall–Kier alpha value is -2.01. The Bertz CT molecular complexity index is 661. The number of benzene rings is 2. The van der Waals surface area contributed by atoms with Crippen LogP contribution in [0.1, 0.15) is 11.1 Å². The summed E-state index contributed by atoms with van der Waals surface area (Å²) in [6.07, 6.45) is 0. The molecule has 1 heterocycles. The predicted octanol–water partition coefficient (Wildman–Crippen LogP) is 3.52. The molecular weight excluding hydrogens is 316 g/mol. The van der Waals surface area contributed by atoms with Crippen molar-refractivity contribution in [3.05, 3.63) is 59.7 Å². The third kappa shape index (κ3) is 2.63. The molecule has 0 amide bonds. The Balaban J connectivity index is 0.00000147. The fourth-order valence-electron chi connectivity index (χ4n) is 2.04. The van der Waals surface area contributed by atoms with Gasteiger partial charge in [-0.05, 0) is 36.3 Å². The first-order valence-electron chi connectivity index (χ1n) is 6.18. The number of para-hydroxylation sites is 1. The second-order valence-electron chi connectivity index (χ2n) is 4.50. The van der Waals surface area contributed by atoms with E-state index in [4.69, 9.17) is 0 Å². The minimum Gasteiger partial charge on any atom is -0.130 e. The Morgan fingerprint density at radius 1 is 0.850 bits per heavy atom. The van der Waals surface area contributed by atoms with Gasteiger partial charge in [0.1, 0.15) is 0 Å². The molecule has 0 bridgehead atoms. The van der Waals surface area contributed by atoms with Crippen LogP contribution in [0.2, 0.25) is 0 Å². The highest BCUT2D eigenvalue weighted by Gasteiger charge is 2.10. The number of tetrazole rings is 1. The van der Waals surface area contributed by atoms with Crippen LogP contribution in [-0.2, 0) is 0 Å². The van der Waals surface area contributed by atoms with E-state index in [0.29, 0.717) is 5.82 Å². The van der Waals surface area contributed by atoms with Crippen LogP contribution in [0.15, 0.2) is 48.5 Å². The van der Waals surface area contributed by atoms with Gasteiger partial charge in [0.25, 0.3) is 0 Å². The van der Waals surface area contributed by atoms with Crippen LogP contribution in [0.5, 0.6) is 0 Å². The van der Waals surface area contributed by atoms with Crippen molar-refractivity contribution in [2.45, 2.75) is 13.8 Å². The minimum absolute atomic E-state index is 0. The Morgan fingerprint density at radius 2 is 1.50 bits per heavy atom. The maximum Gasteiger partial charge on any atom is 0.205 e. The first-order chi connectivity index (χ1) is 9.25. The fraction of sp³-hybridized carbons (Fsp3) is 0.133. The lowest BCUT2D eigenvalue weighted by Gasteiger charge is -2.02. The van der Waals surface area contributed by atoms with E-state index in [-0.39, 0.29) is 17.0 Å². The number of rotatable bonds is 2. The lowest BCUT2D eigenvalue weighted by Crippen LogP contribution is -2.01. The molecule has 3 rings (SSSR count). The van der Waals surface area contributed by atoms with Crippen LogP contribution in [-0.4, -0.2) is 20.2 Å². The summed E-state index contributed by atoms with van der Waals surface area (Å²) in [7, 11) is 0. The summed E-state index contributed by atoms with van der Waals surface area (Å²) < 4.78 is 0. The molecule has 0 aliphatic rings. The molecule has 20 heavy (non-hydrogen) atoms. The smallest absolute Gasteiger partial charge is 0.130 e.